The van der Waals surface area contributed by atoms with Crippen LogP contribution in [0.2, 0.25) is 0 Å². The van der Waals surface area contributed by atoms with Gasteiger partial charge in [-0.25, -0.2) is 0 Å². The van der Waals surface area contributed by atoms with E-state index in [1.165, 1.54) is 16.3 Å². The van der Waals surface area contributed by atoms with Crippen LogP contribution in [0.1, 0.15) is 5.56 Å². The van der Waals surface area contributed by atoms with Crippen LogP contribution in [0.3, 0.4) is 0 Å². The quantitative estimate of drug-likeness (QED) is 0.583. The zero-order valence-corrected chi connectivity index (χ0v) is 11.5. The highest BCUT2D eigenvalue weighted by molar-refractivity contribution is 5.83. The molecule has 4 aromatic rings. The van der Waals surface area contributed by atoms with Gasteiger partial charge in [-0.15, -0.1) is 0 Å². The van der Waals surface area contributed by atoms with Gasteiger partial charge in [-0.3, -0.25) is 5.10 Å². The summed E-state index contributed by atoms with van der Waals surface area (Å²) >= 11 is 0. The fourth-order valence-electron chi connectivity index (χ4n) is 2.60. The lowest BCUT2D eigenvalue weighted by atomic mass is 10.1. The van der Waals surface area contributed by atoms with Gasteiger partial charge in [0.1, 0.15) is 0 Å². The molecule has 0 spiro atoms. The minimum atomic E-state index is 0.810. The van der Waals surface area contributed by atoms with Crippen molar-refractivity contribution < 1.29 is 0 Å². The van der Waals surface area contributed by atoms with Crippen LogP contribution in [0.25, 0.3) is 21.7 Å². The minimum Gasteiger partial charge on any atom is -0.381 e. The molecule has 102 valence electrons. The maximum atomic E-state index is 4.04. The number of H-pyrrole nitrogens is 1. The molecule has 3 nitrogen and oxygen atoms in total. The Kier molecular flexibility index (Phi) is 2.82. The van der Waals surface area contributed by atoms with E-state index >= 15 is 0 Å². The van der Waals surface area contributed by atoms with Crippen molar-refractivity contribution in [1.29, 1.82) is 0 Å². The Bertz CT molecular complexity index is 908. The van der Waals surface area contributed by atoms with Crippen LogP contribution in [0.5, 0.6) is 0 Å². The van der Waals surface area contributed by atoms with Crippen molar-refractivity contribution in [2.45, 2.75) is 6.54 Å². The predicted octanol–water partition coefficient (Wildman–Crippen LogP) is 4.33. The number of anilines is 1. The first-order valence-electron chi connectivity index (χ1n) is 7.03. The summed E-state index contributed by atoms with van der Waals surface area (Å²) in [5.74, 6) is 0. The molecular formula is C18H15N3. The molecule has 0 amide bonds. The third-order valence-electron chi connectivity index (χ3n) is 3.75. The molecule has 0 aliphatic heterocycles. The summed E-state index contributed by atoms with van der Waals surface area (Å²) in [6.45, 7) is 0.810. The lowest BCUT2D eigenvalue weighted by Crippen LogP contribution is -1.99. The van der Waals surface area contributed by atoms with Crippen LogP contribution in [0, 0.1) is 0 Å². The Balaban J connectivity index is 1.56. The highest BCUT2D eigenvalue weighted by Gasteiger charge is 1.99. The first-order chi connectivity index (χ1) is 10.4. The van der Waals surface area contributed by atoms with Crippen molar-refractivity contribution in [1.82, 2.24) is 10.2 Å². The number of nitrogens with one attached hydrogen (secondary N) is 2. The van der Waals surface area contributed by atoms with Gasteiger partial charge in [0.25, 0.3) is 0 Å². The van der Waals surface area contributed by atoms with Crippen LogP contribution >= 0.6 is 0 Å². The summed E-state index contributed by atoms with van der Waals surface area (Å²) in [4.78, 5) is 0. The summed E-state index contributed by atoms with van der Waals surface area (Å²) in [6.07, 6.45) is 1.84. The molecule has 3 aromatic carbocycles. The topological polar surface area (TPSA) is 40.7 Å². The molecule has 0 aliphatic rings. The molecule has 0 aliphatic carbocycles. The fourth-order valence-corrected chi connectivity index (χ4v) is 2.60. The summed E-state index contributed by atoms with van der Waals surface area (Å²) in [6, 6.07) is 21.2. The van der Waals surface area contributed by atoms with Gasteiger partial charge in [0.05, 0.1) is 11.7 Å². The largest absolute Gasteiger partial charge is 0.381 e. The lowest BCUT2D eigenvalue weighted by molar-refractivity contribution is 1.12. The number of aromatic amines is 1. The zero-order valence-electron chi connectivity index (χ0n) is 11.5. The smallest absolute Gasteiger partial charge is 0.0670 e. The van der Waals surface area contributed by atoms with E-state index in [0.717, 1.165) is 23.1 Å². The molecule has 21 heavy (non-hydrogen) atoms. The maximum absolute atomic E-state index is 4.04. The van der Waals surface area contributed by atoms with E-state index in [-0.39, 0.29) is 0 Å². The fraction of sp³-hybridized carbons (Fsp3) is 0.0556. The second kappa shape index (κ2) is 4.94. The molecule has 4 rings (SSSR count). The average molecular weight is 273 g/mol. The number of fused-ring (bicyclic) bond motifs is 2. The summed E-state index contributed by atoms with van der Waals surface area (Å²) in [5, 5.41) is 14.2. The monoisotopic (exact) mass is 273 g/mol. The summed E-state index contributed by atoms with van der Waals surface area (Å²) in [5.41, 5.74) is 3.43. The van der Waals surface area contributed by atoms with Gasteiger partial charge in [-0.05, 0) is 40.6 Å². The van der Waals surface area contributed by atoms with E-state index in [1.807, 2.05) is 6.20 Å². The third-order valence-corrected chi connectivity index (χ3v) is 3.75. The standard InChI is InChI=1S/C18H15N3/c1-2-4-15-9-13(5-6-14(15)3-1)11-19-17-8-7-16-12-20-21-18(16)10-17/h1-10,12,19H,11H2,(H,20,21). The highest BCUT2D eigenvalue weighted by Crippen LogP contribution is 2.19. The van der Waals surface area contributed by atoms with Gasteiger partial charge in [0, 0.05) is 17.6 Å². The molecule has 0 radical (unpaired) electrons. The molecule has 3 heteroatoms. The van der Waals surface area contributed by atoms with E-state index in [2.05, 4.69) is 76.2 Å². The van der Waals surface area contributed by atoms with E-state index in [0.29, 0.717) is 0 Å². The number of aromatic nitrogens is 2. The second-order valence-electron chi connectivity index (χ2n) is 5.21. The zero-order chi connectivity index (χ0) is 14.1. The van der Waals surface area contributed by atoms with E-state index in [4.69, 9.17) is 0 Å². The lowest BCUT2D eigenvalue weighted by Gasteiger charge is -2.08. The average Bonchev–Trinajstić information content (AvgIpc) is 3.00. The maximum Gasteiger partial charge on any atom is 0.0670 e. The summed E-state index contributed by atoms with van der Waals surface area (Å²) < 4.78 is 0. The number of rotatable bonds is 3. The number of benzene rings is 3. The van der Waals surface area contributed by atoms with Gasteiger partial charge in [0.2, 0.25) is 0 Å². The van der Waals surface area contributed by atoms with Crippen molar-refractivity contribution in [2.24, 2.45) is 0 Å². The van der Waals surface area contributed by atoms with Crippen LogP contribution in [0.4, 0.5) is 5.69 Å². The Morgan fingerprint density at radius 3 is 2.67 bits per heavy atom. The molecule has 0 fully saturated rings. The molecular weight excluding hydrogens is 258 g/mol. The van der Waals surface area contributed by atoms with Gasteiger partial charge >= 0.3 is 0 Å². The Morgan fingerprint density at radius 2 is 1.71 bits per heavy atom. The van der Waals surface area contributed by atoms with Crippen LogP contribution in [-0.4, -0.2) is 10.2 Å². The molecule has 2 N–H and O–H groups in total. The Labute approximate surface area is 122 Å². The molecule has 0 bridgehead atoms. The van der Waals surface area contributed by atoms with E-state index in [1.54, 1.807) is 0 Å². The van der Waals surface area contributed by atoms with E-state index in [9.17, 15) is 0 Å². The highest BCUT2D eigenvalue weighted by atomic mass is 15.1. The molecule has 1 heterocycles. The first-order valence-corrected chi connectivity index (χ1v) is 7.03. The Morgan fingerprint density at radius 1 is 0.857 bits per heavy atom. The Hall–Kier alpha value is -2.81. The van der Waals surface area contributed by atoms with Gasteiger partial charge < -0.3 is 5.32 Å². The number of hydrogen-bond acceptors (Lipinski definition) is 2. The molecule has 0 atom stereocenters. The van der Waals surface area contributed by atoms with Crippen LogP contribution in [-0.2, 0) is 6.54 Å². The SMILES string of the molecule is c1ccc2cc(CNc3ccc4cn[nH]c4c3)ccc2c1. The van der Waals surface area contributed by atoms with Crippen molar-refractivity contribution >= 4 is 27.4 Å². The third kappa shape index (κ3) is 2.34. The molecule has 0 saturated heterocycles. The first kappa shape index (κ1) is 12.0. The number of nitrogens with zero attached hydrogens (tertiary/aromatic N) is 1. The normalized spacial score (nSPS) is 11.0. The van der Waals surface area contributed by atoms with Crippen molar-refractivity contribution in [3.63, 3.8) is 0 Å². The van der Waals surface area contributed by atoms with Gasteiger partial charge in [0.15, 0.2) is 0 Å². The molecule has 1 aromatic heterocycles. The van der Waals surface area contributed by atoms with Crippen molar-refractivity contribution in [2.75, 3.05) is 5.32 Å². The minimum absolute atomic E-state index is 0.810. The molecule has 0 unspecified atom stereocenters. The van der Waals surface area contributed by atoms with Crippen LogP contribution in [0.15, 0.2) is 66.9 Å². The number of hydrogen-bond donors (Lipinski definition) is 2. The predicted molar refractivity (Wildman–Crippen MR) is 87.4 cm³/mol. The summed E-state index contributed by atoms with van der Waals surface area (Å²) in [7, 11) is 0. The molecule has 0 saturated carbocycles. The van der Waals surface area contributed by atoms with Crippen molar-refractivity contribution in [3.8, 4) is 0 Å². The van der Waals surface area contributed by atoms with Crippen molar-refractivity contribution in [3.05, 3.63) is 72.4 Å². The van der Waals surface area contributed by atoms with Gasteiger partial charge in [-0.2, -0.15) is 5.10 Å². The van der Waals surface area contributed by atoms with Gasteiger partial charge in [-0.1, -0.05) is 36.4 Å². The van der Waals surface area contributed by atoms with E-state index < -0.39 is 0 Å². The second-order valence-corrected chi connectivity index (χ2v) is 5.21. The van der Waals surface area contributed by atoms with Crippen LogP contribution < -0.4 is 5.32 Å².